The van der Waals surface area contributed by atoms with Crippen LogP contribution in [0.5, 0.6) is 0 Å². The minimum Gasteiger partial charge on any atom is -0.458 e. The Morgan fingerprint density at radius 2 is 2.00 bits per heavy atom. The molecule has 0 amide bonds. The summed E-state index contributed by atoms with van der Waals surface area (Å²) in [6.07, 6.45) is 1.64. The Hall–Kier alpha value is -2.45. The van der Waals surface area contributed by atoms with E-state index in [1.54, 1.807) is 36.1 Å². The monoisotopic (exact) mass is 335 g/mol. The molecule has 0 aliphatic heterocycles. The van der Waals surface area contributed by atoms with Gasteiger partial charge in [-0.25, -0.2) is 17.5 Å². The number of benzene rings is 1. The van der Waals surface area contributed by atoms with E-state index in [-0.39, 0.29) is 6.54 Å². The third kappa shape index (κ3) is 3.17. The lowest BCUT2D eigenvalue weighted by Crippen LogP contribution is -2.23. The Morgan fingerprint density at radius 1 is 1.22 bits per heavy atom. The molecule has 23 heavy (non-hydrogen) atoms. The van der Waals surface area contributed by atoms with Gasteiger partial charge in [-0.1, -0.05) is 12.1 Å². The van der Waals surface area contributed by atoms with Crippen LogP contribution in [0.4, 0.5) is 4.39 Å². The Kier molecular flexibility index (Phi) is 4.01. The van der Waals surface area contributed by atoms with Crippen LogP contribution in [0.2, 0.25) is 0 Å². The van der Waals surface area contributed by atoms with Crippen LogP contribution in [0.25, 0.3) is 11.5 Å². The molecule has 0 aliphatic rings. The first-order valence-electron chi connectivity index (χ1n) is 6.78. The van der Waals surface area contributed by atoms with E-state index in [9.17, 15) is 12.8 Å². The lowest BCUT2D eigenvalue weighted by atomic mass is 10.3. The number of aryl methyl sites for hydroxylation is 1. The van der Waals surface area contributed by atoms with Gasteiger partial charge < -0.3 is 4.42 Å². The van der Waals surface area contributed by atoms with E-state index in [2.05, 4.69) is 9.82 Å². The standard InChI is InChI=1S/C15H14FN3O3S/c1-19-13(8-9-17-19)14-7-6-11(22-14)10-18-23(20,21)15-5-3-2-4-12(15)16/h2-9,18H,10H2,1H3. The number of aromatic nitrogens is 2. The molecule has 2 aromatic heterocycles. The molecule has 1 aromatic carbocycles. The van der Waals surface area contributed by atoms with Gasteiger partial charge in [0.05, 0.1) is 6.54 Å². The molecular weight excluding hydrogens is 321 g/mol. The lowest BCUT2D eigenvalue weighted by molar-refractivity contribution is 0.503. The van der Waals surface area contributed by atoms with Gasteiger partial charge in [-0.05, 0) is 30.3 Å². The zero-order chi connectivity index (χ0) is 16.4. The van der Waals surface area contributed by atoms with Crippen molar-refractivity contribution in [1.82, 2.24) is 14.5 Å². The zero-order valence-corrected chi connectivity index (χ0v) is 13.0. The predicted molar refractivity (Wildman–Crippen MR) is 81.3 cm³/mol. The summed E-state index contributed by atoms with van der Waals surface area (Å²) < 4.78 is 47.4. The molecule has 0 atom stereocenters. The third-order valence-electron chi connectivity index (χ3n) is 3.30. The predicted octanol–water partition coefficient (Wildman–Crippen LogP) is 2.30. The first-order chi connectivity index (χ1) is 11.0. The number of sulfonamides is 1. The summed E-state index contributed by atoms with van der Waals surface area (Å²) in [5.74, 6) is 0.196. The van der Waals surface area contributed by atoms with E-state index in [1.807, 2.05) is 0 Å². The van der Waals surface area contributed by atoms with Gasteiger partial charge in [0.25, 0.3) is 0 Å². The summed E-state index contributed by atoms with van der Waals surface area (Å²) in [5, 5.41) is 4.04. The van der Waals surface area contributed by atoms with Crippen LogP contribution >= 0.6 is 0 Å². The maximum Gasteiger partial charge on any atom is 0.243 e. The fraction of sp³-hybridized carbons (Fsp3) is 0.133. The molecule has 3 aromatic rings. The van der Waals surface area contributed by atoms with Crippen molar-refractivity contribution in [2.24, 2.45) is 7.05 Å². The quantitative estimate of drug-likeness (QED) is 0.776. The molecular formula is C15H14FN3O3S. The lowest BCUT2D eigenvalue weighted by Gasteiger charge is -2.06. The van der Waals surface area contributed by atoms with Crippen LogP contribution in [0.1, 0.15) is 5.76 Å². The molecule has 0 bridgehead atoms. The molecule has 3 rings (SSSR count). The summed E-state index contributed by atoms with van der Waals surface area (Å²) in [7, 11) is -2.17. The number of rotatable bonds is 5. The highest BCUT2D eigenvalue weighted by Crippen LogP contribution is 2.21. The number of halogens is 1. The van der Waals surface area contributed by atoms with Crippen LogP contribution in [0.3, 0.4) is 0 Å². The van der Waals surface area contributed by atoms with Gasteiger partial charge in [0, 0.05) is 13.2 Å². The van der Waals surface area contributed by atoms with Gasteiger partial charge >= 0.3 is 0 Å². The van der Waals surface area contributed by atoms with E-state index in [4.69, 9.17) is 4.42 Å². The highest BCUT2D eigenvalue weighted by molar-refractivity contribution is 7.89. The van der Waals surface area contributed by atoms with Crippen molar-refractivity contribution in [1.29, 1.82) is 0 Å². The van der Waals surface area contributed by atoms with Gasteiger partial charge in [0.15, 0.2) is 5.76 Å². The van der Waals surface area contributed by atoms with Crippen LogP contribution < -0.4 is 4.72 Å². The van der Waals surface area contributed by atoms with Crippen molar-refractivity contribution in [3.63, 3.8) is 0 Å². The summed E-state index contributed by atoms with van der Waals surface area (Å²) in [5.41, 5.74) is 0.771. The minimum absolute atomic E-state index is 0.0749. The maximum atomic E-state index is 13.6. The van der Waals surface area contributed by atoms with Crippen molar-refractivity contribution in [3.8, 4) is 11.5 Å². The average molecular weight is 335 g/mol. The molecule has 0 aliphatic carbocycles. The van der Waals surface area contributed by atoms with Gasteiger partial charge in [-0.2, -0.15) is 5.10 Å². The topological polar surface area (TPSA) is 77.1 Å². The van der Waals surface area contributed by atoms with E-state index in [0.29, 0.717) is 11.5 Å². The largest absolute Gasteiger partial charge is 0.458 e. The molecule has 1 N–H and O–H groups in total. The normalized spacial score (nSPS) is 11.7. The fourth-order valence-electron chi connectivity index (χ4n) is 2.13. The number of nitrogens with zero attached hydrogens (tertiary/aromatic N) is 2. The summed E-state index contributed by atoms with van der Waals surface area (Å²) in [6, 6.07) is 10.4. The molecule has 2 heterocycles. The van der Waals surface area contributed by atoms with Crippen molar-refractivity contribution in [3.05, 3.63) is 60.2 Å². The van der Waals surface area contributed by atoms with Gasteiger partial charge in [0.1, 0.15) is 22.2 Å². The average Bonchev–Trinajstić information content (AvgIpc) is 3.14. The van der Waals surface area contributed by atoms with Gasteiger partial charge in [0.2, 0.25) is 10.0 Å². The second-order valence-corrected chi connectivity index (χ2v) is 6.60. The second-order valence-electron chi connectivity index (χ2n) is 4.86. The maximum absolute atomic E-state index is 13.6. The zero-order valence-electron chi connectivity index (χ0n) is 12.2. The molecule has 8 heteroatoms. The SMILES string of the molecule is Cn1nccc1-c1ccc(CNS(=O)(=O)c2ccccc2F)o1. The van der Waals surface area contributed by atoms with Crippen molar-refractivity contribution < 1.29 is 17.2 Å². The molecule has 120 valence electrons. The van der Waals surface area contributed by atoms with E-state index in [0.717, 1.165) is 11.8 Å². The van der Waals surface area contributed by atoms with Crippen molar-refractivity contribution in [2.45, 2.75) is 11.4 Å². The van der Waals surface area contributed by atoms with E-state index < -0.39 is 20.7 Å². The number of nitrogens with one attached hydrogen (secondary N) is 1. The molecule has 0 spiro atoms. The molecule has 0 saturated carbocycles. The third-order valence-corrected chi connectivity index (χ3v) is 4.73. The van der Waals surface area contributed by atoms with Crippen molar-refractivity contribution in [2.75, 3.05) is 0 Å². The summed E-state index contributed by atoms with van der Waals surface area (Å²) in [4.78, 5) is -0.390. The first kappa shape index (κ1) is 15.4. The van der Waals surface area contributed by atoms with Crippen molar-refractivity contribution >= 4 is 10.0 Å². The minimum atomic E-state index is -3.94. The summed E-state index contributed by atoms with van der Waals surface area (Å²) in [6.45, 7) is -0.0749. The second kappa shape index (κ2) is 5.98. The smallest absolute Gasteiger partial charge is 0.243 e. The number of hydrogen-bond donors (Lipinski definition) is 1. The van der Waals surface area contributed by atoms with E-state index >= 15 is 0 Å². The van der Waals surface area contributed by atoms with Crippen LogP contribution in [0.15, 0.2) is 58.0 Å². The number of furan rings is 1. The Labute approximate surface area is 132 Å². The molecule has 0 fully saturated rings. The Balaban J connectivity index is 1.75. The first-order valence-corrected chi connectivity index (χ1v) is 8.27. The number of hydrogen-bond acceptors (Lipinski definition) is 4. The van der Waals surface area contributed by atoms with Gasteiger partial charge in [-0.3, -0.25) is 4.68 Å². The van der Waals surface area contributed by atoms with Crippen LogP contribution in [-0.2, 0) is 23.6 Å². The Bertz CT molecular complexity index is 931. The molecule has 6 nitrogen and oxygen atoms in total. The molecule has 0 saturated heterocycles. The van der Waals surface area contributed by atoms with Gasteiger partial charge in [-0.15, -0.1) is 0 Å². The highest BCUT2D eigenvalue weighted by Gasteiger charge is 2.19. The fourth-order valence-corrected chi connectivity index (χ4v) is 3.20. The van der Waals surface area contributed by atoms with E-state index in [1.165, 1.54) is 18.2 Å². The highest BCUT2D eigenvalue weighted by atomic mass is 32.2. The summed E-state index contributed by atoms with van der Waals surface area (Å²) >= 11 is 0. The van der Waals surface area contributed by atoms with Crippen LogP contribution in [0, 0.1) is 5.82 Å². The Morgan fingerprint density at radius 3 is 2.70 bits per heavy atom. The van der Waals surface area contributed by atoms with Crippen LogP contribution in [-0.4, -0.2) is 18.2 Å². The molecule has 0 unspecified atom stereocenters. The molecule has 0 radical (unpaired) electrons.